The van der Waals surface area contributed by atoms with Gasteiger partial charge < -0.3 is 14.6 Å². The van der Waals surface area contributed by atoms with E-state index in [9.17, 15) is 14.4 Å². The summed E-state index contributed by atoms with van der Waals surface area (Å²) in [5.41, 5.74) is 1.09. The van der Waals surface area contributed by atoms with Crippen LogP contribution in [0, 0.1) is 0 Å². The van der Waals surface area contributed by atoms with E-state index in [4.69, 9.17) is 4.74 Å². The Morgan fingerprint density at radius 3 is 2.70 bits per heavy atom. The Hall–Kier alpha value is -2.68. The standard InChI is InChI=1S/C18H22N4O4S/c1-5-26-16(24)10-15-20-21-18(22(15)4)27-12(3)17(25)19-14-8-6-7-13(9-14)11(2)23/h6-9,12H,5,10H2,1-4H3,(H,19,25)/t12-/m1/s1. The molecule has 0 saturated carbocycles. The number of esters is 1. The number of rotatable bonds is 8. The third-order valence-electron chi connectivity index (χ3n) is 3.72. The molecular formula is C18H22N4O4S. The first-order valence-electron chi connectivity index (χ1n) is 8.44. The number of thioether (sulfide) groups is 1. The Balaban J connectivity index is 2.00. The zero-order valence-electron chi connectivity index (χ0n) is 15.7. The number of hydrogen-bond acceptors (Lipinski definition) is 7. The van der Waals surface area contributed by atoms with E-state index < -0.39 is 5.25 Å². The number of aromatic nitrogens is 3. The summed E-state index contributed by atoms with van der Waals surface area (Å²) in [6.45, 7) is 5.26. The largest absolute Gasteiger partial charge is 0.466 e. The molecule has 0 unspecified atom stereocenters. The molecule has 0 fully saturated rings. The van der Waals surface area contributed by atoms with Crippen molar-refractivity contribution in [3.8, 4) is 0 Å². The summed E-state index contributed by atoms with van der Waals surface area (Å²) >= 11 is 1.23. The summed E-state index contributed by atoms with van der Waals surface area (Å²) in [6.07, 6.45) is 0.0241. The number of hydrogen-bond donors (Lipinski definition) is 1. The highest BCUT2D eigenvalue weighted by Crippen LogP contribution is 2.23. The molecule has 0 aliphatic rings. The van der Waals surface area contributed by atoms with Gasteiger partial charge in [-0.2, -0.15) is 0 Å². The summed E-state index contributed by atoms with van der Waals surface area (Å²) < 4.78 is 6.58. The van der Waals surface area contributed by atoms with E-state index in [-0.39, 0.29) is 24.1 Å². The van der Waals surface area contributed by atoms with Gasteiger partial charge in [0.25, 0.3) is 0 Å². The molecule has 0 bridgehead atoms. The summed E-state index contributed by atoms with van der Waals surface area (Å²) in [5.74, 6) is -0.198. The zero-order chi connectivity index (χ0) is 20.0. The van der Waals surface area contributed by atoms with Crippen molar-refractivity contribution in [3.63, 3.8) is 0 Å². The summed E-state index contributed by atoms with van der Waals surface area (Å²) in [5, 5.41) is 10.9. The molecule has 8 nitrogen and oxygen atoms in total. The molecule has 27 heavy (non-hydrogen) atoms. The van der Waals surface area contributed by atoms with Crippen molar-refractivity contribution in [2.75, 3.05) is 11.9 Å². The first kappa shape index (κ1) is 20.6. The fourth-order valence-corrected chi connectivity index (χ4v) is 3.05. The second-order valence-electron chi connectivity index (χ2n) is 5.83. The normalized spacial score (nSPS) is 11.7. The Morgan fingerprint density at radius 1 is 1.30 bits per heavy atom. The maximum absolute atomic E-state index is 12.4. The van der Waals surface area contributed by atoms with Crippen molar-refractivity contribution in [1.29, 1.82) is 0 Å². The van der Waals surface area contributed by atoms with Crippen LogP contribution in [0.3, 0.4) is 0 Å². The number of nitrogens with zero attached hydrogens (tertiary/aromatic N) is 3. The topological polar surface area (TPSA) is 103 Å². The quantitative estimate of drug-likeness (QED) is 0.419. The average Bonchev–Trinajstić information content (AvgIpc) is 2.95. The van der Waals surface area contributed by atoms with Crippen LogP contribution in [-0.2, 0) is 27.8 Å². The smallest absolute Gasteiger partial charge is 0.313 e. The van der Waals surface area contributed by atoms with Crippen molar-refractivity contribution in [1.82, 2.24) is 14.8 Å². The molecule has 2 rings (SSSR count). The molecule has 2 aromatic rings. The van der Waals surface area contributed by atoms with Crippen molar-refractivity contribution < 1.29 is 19.1 Å². The maximum Gasteiger partial charge on any atom is 0.313 e. The van der Waals surface area contributed by atoms with Crippen LogP contribution in [0.15, 0.2) is 29.4 Å². The van der Waals surface area contributed by atoms with Crippen LogP contribution in [0.4, 0.5) is 5.69 Å². The van der Waals surface area contributed by atoms with Gasteiger partial charge in [-0.3, -0.25) is 14.4 Å². The highest BCUT2D eigenvalue weighted by Gasteiger charge is 2.20. The summed E-state index contributed by atoms with van der Waals surface area (Å²) in [4.78, 5) is 35.5. The van der Waals surface area contributed by atoms with Gasteiger partial charge in [-0.05, 0) is 32.9 Å². The lowest BCUT2D eigenvalue weighted by Gasteiger charge is -2.12. The number of Topliss-reactive ketones (excluding diaryl/α,β-unsaturated/α-hetero) is 1. The van der Waals surface area contributed by atoms with E-state index in [1.54, 1.807) is 49.7 Å². The molecule has 9 heteroatoms. The molecule has 1 atom stereocenters. The van der Waals surface area contributed by atoms with Gasteiger partial charge in [0.05, 0.1) is 11.9 Å². The van der Waals surface area contributed by atoms with Crippen LogP contribution in [-0.4, -0.2) is 44.3 Å². The molecule has 1 N–H and O–H groups in total. The van der Waals surface area contributed by atoms with Gasteiger partial charge in [0.2, 0.25) is 5.91 Å². The van der Waals surface area contributed by atoms with Crippen molar-refractivity contribution in [2.45, 2.75) is 37.6 Å². The number of amides is 1. The van der Waals surface area contributed by atoms with E-state index in [1.807, 2.05) is 0 Å². The van der Waals surface area contributed by atoms with E-state index in [0.717, 1.165) is 0 Å². The fourth-order valence-electron chi connectivity index (χ4n) is 2.21. The summed E-state index contributed by atoms with van der Waals surface area (Å²) in [7, 11) is 1.73. The molecule has 1 heterocycles. The highest BCUT2D eigenvalue weighted by molar-refractivity contribution is 8.00. The second kappa shape index (κ2) is 9.31. The van der Waals surface area contributed by atoms with Crippen LogP contribution in [0.2, 0.25) is 0 Å². The molecule has 144 valence electrons. The molecular weight excluding hydrogens is 368 g/mol. The first-order valence-corrected chi connectivity index (χ1v) is 9.32. The van der Waals surface area contributed by atoms with Crippen molar-refractivity contribution in [2.24, 2.45) is 7.05 Å². The van der Waals surface area contributed by atoms with Crippen molar-refractivity contribution in [3.05, 3.63) is 35.7 Å². The van der Waals surface area contributed by atoms with E-state index in [1.165, 1.54) is 18.7 Å². The van der Waals surface area contributed by atoms with Crippen molar-refractivity contribution >= 4 is 35.1 Å². The Morgan fingerprint density at radius 2 is 2.04 bits per heavy atom. The molecule has 0 aliphatic heterocycles. The van der Waals surface area contributed by atoms with Gasteiger partial charge in [-0.15, -0.1) is 10.2 Å². The van der Waals surface area contributed by atoms with Gasteiger partial charge in [0, 0.05) is 18.3 Å². The average molecular weight is 390 g/mol. The molecule has 0 spiro atoms. The molecule has 1 aromatic carbocycles. The molecule has 1 amide bonds. The van der Waals surface area contributed by atoms with E-state index in [0.29, 0.717) is 28.8 Å². The minimum absolute atomic E-state index is 0.0241. The predicted molar refractivity (Wildman–Crippen MR) is 102 cm³/mol. The molecule has 0 radical (unpaired) electrons. The number of carbonyl (C=O) groups is 3. The first-order chi connectivity index (χ1) is 12.8. The number of anilines is 1. The lowest BCUT2D eigenvalue weighted by molar-refractivity contribution is -0.142. The number of ether oxygens (including phenoxy) is 1. The maximum atomic E-state index is 12.4. The van der Waals surface area contributed by atoms with Crippen LogP contribution in [0.1, 0.15) is 37.0 Å². The Bertz CT molecular complexity index is 850. The van der Waals surface area contributed by atoms with E-state index in [2.05, 4.69) is 15.5 Å². The molecule has 1 aromatic heterocycles. The lowest BCUT2D eigenvalue weighted by Crippen LogP contribution is -2.23. The number of ketones is 1. The van der Waals surface area contributed by atoms with Crippen LogP contribution in [0.5, 0.6) is 0 Å². The van der Waals surface area contributed by atoms with Crippen LogP contribution >= 0.6 is 11.8 Å². The minimum atomic E-state index is -0.454. The second-order valence-corrected chi connectivity index (χ2v) is 7.13. The highest BCUT2D eigenvalue weighted by atomic mass is 32.2. The predicted octanol–water partition coefficient (Wildman–Crippen LogP) is 2.24. The SMILES string of the molecule is CCOC(=O)Cc1nnc(S[C@H](C)C(=O)Nc2cccc(C(C)=O)c2)n1C. The van der Waals surface area contributed by atoms with E-state index >= 15 is 0 Å². The fraction of sp³-hybridized carbons (Fsp3) is 0.389. The monoisotopic (exact) mass is 390 g/mol. The molecule has 0 saturated heterocycles. The van der Waals surface area contributed by atoms with Gasteiger partial charge in [-0.1, -0.05) is 23.9 Å². The third-order valence-corrected chi connectivity index (χ3v) is 4.85. The van der Waals surface area contributed by atoms with Gasteiger partial charge in [0.15, 0.2) is 10.9 Å². The Kier molecular flexibility index (Phi) is 7.12. The van der Waals surface area contributed by atoms with Gasteiger partial charge in [-0.25, -0.2) is 0 Å². The zero-order valence-corrected chi connectivity index (χ0v) is 16.5. The van der Waals surface area contributed by atoms with Gasteiger partial charge >= 0.3 is 5.97 Å². The number of benzene rings is 1. The summed E-state index contributed by atoms with van der Waals surface area (Å²) in [6, 6.07) is 6.77. The van der Waals surface area contributed by atoms with Crippen LogP contribution in [0.25, 0.3) is 0 Å². The Labute approximate surface area is 161 Å². The number of nitrogens with one attached hydrogen (secondary N) is 1. The van der Waals surface area contributed by atoms with Gasteiger partial charge in [0.1, 0.15) is 12.2 Å². The number of carbonyl (C=O) groups excluding carboxylic acids is 3. The molecule has 0 aliphatic carbocycles. The third kappa shape index (κ3) is 5.65. The lowest BCUT2D eigenvalue weighted by atomic mass is 10.1. The van der Waals surface area contributed by atoms with Crippen LogP contribution < -0.4 is 5.32 Å². The minimum Gasteiger partial charge on any atom is -0.466 e.